The van der Waals surface area contributed by atoms with Crippen LogP contribution in [0.1, 0.15) is 6.92 Å². The molecule has 0 aliphatic heterocycles. The van der Waals surface area contributed by atoms with Crippen LogP contribution in [0, 0.1) is 5.82 Å². The lowest BCUT2D eigenvalue weighted by Crippen LogP contribution is -2.14. The Hall–Kier alpha value is -2.59. The van der Waals surface area contributed by atoms with Crippen LogP contribution in [0.25, 0.3) is 11.3 Å². The molecule has 2 aromatic rings. The quantitative estimate of drug-likeness (QED) is 0.346. The van der Waals surface area contributed by atoms with Crippen molar-refractivity contribution < 1.29 is 36.9 Å². The van der Waals surface area contributed by atoms with E-state index in [-0.39, 0.29) is 38.6 Å². The molecule has 0 aliphatic rings. The van der Waals surface area contributed by atoms with Crippen LogP contribution in [0.4, 0.5) is 13.2 Å². The maximum Gasteiger partial charge on any atom is 0.388 e. The molecule has 0 fully saturated rings. The summed E-state index contributed by atoms with van der Waals surface area (Å²) >= 11 is 12.0. The molecule has 1 aromatic carbocycles. The average Bonchev–Trinajstić information content (AvgIpc) is 2.93. The Morgan fingerprint density at radius 1 is 1.21 bits per heavy atom. The molecule has 2 rings (SSSR count). The van der Waals surface area contributed by atoms with Crippen LogP contribution in [0.3, 0.4) is 0 Å². The van der Waals surface area contributed by atoms with E-state index in [0.29, 0.717) is 0 Å². The Morgan fingerprint density at radius 3 is 2.41 bits per heavy atom. The van der Waals surface area contributed by atoms with Gasteiger partial charge in [-0.05, 0) is 19.1 Å². The molecular weight excluding hydrogens is 440 g/mol. The van der Waals surface area contributed by atoms with Gasteiger partial charge < -0.3 is 18.9 Å². The number of benzene rings is 1. The van der Waals surface area contributed by atoms with Crippen molar-refractivity contribution in [3.8, 4) is 22.9 Å². The van der Waals surface area contributed by atoms with E-state index < -0.39 is 24.3 Å². The summed E-state index contributed by atoms with van der Waals surface area (Å²) in [7, 11) is 3.72. The first-order valence-electron chi connectivity index (χ1n) is 7.78. The van der Waals surface area contributed by atoms with Gasteiger partial charge in [0.2, 0.25) is 11.6 Å². The van der Waals surface area contributed by atoms with Crippen molar-refractivity contribution in [2.45, 2.75) is 13.5 Å². The number of hydrogen-bond acceptors (Lipinski definition) is 6. The summed E-state index contributed by atoms with van der Waals surface area (Å²) in [5.74, 6) is -2.60. The molecule has 0 spiro atoms. The molecule has 0 N–H and O–H groups in total. The van der Waals surface area contributed by atoms with E-state index in [2.05, 4.69) is 14.6 Å². The third-order valence-electron chi connectivity index (χ3n) is 3.63. The summed E-state index contributed by atoms with van der Waals surface area (Å²) in [6.45, 7) is -1.72. The summed E-state index contributed by atoms with van der Waals surface area (Å²) in [6, 6.07) is 1.99. The minimum atomic E-state index is -3.16. The number of allylic oxidation sites excluding steroid dienone is 1. The summed E-state index contributed by atoms with van der Waals surface area (Å²) < 4.78 is 59.9. The van der Waals surface area contributed by atoms with Gasteiger partial charge in [0.1, 0.15) is 28.0 Å². The van der Waals surface area contributed by atoms with Crippen molar-refractivity contribution in [1.82, 2.24) is 9.78 Å². The third kappa shape index (κ3) is 4.88. The van der Waals surface area contributed by atoms with Gasteiger partial charge in [0.15, 0.2) is 0 Å². The monoisotopic (exact) mass is 454 g/mol. The fourth-order valence-electron chi connectivity index (χ4n) is 2.21. The highest BCUT2D eigenvalue weighted by atomic mass is 35.5. The fraction of sp³-hybridized carbons (Fsp3) is 0.294. The average molecular weight is 455 g/mol. The molecule has 1 heterocycles. The number of halogens is 5. The van der Waals surface area contributed by atoms with Crippen LogP contribution in [0.5, 0.6) is 11.6 Å². The molecule has 0 amide bonds. The van der Waals surface area contributed by atoms with E-state index in [4.69, 9.17) is 32.7 Å². The Morgan fingerprint density at radius 2 is 1.86 bits per heavy atom. The number of carbonyl (C=O) groups is 1. The number of nitrogens with zero attached hydrogens (tertiary/aromatic N) is 2. The number of rotatable bonds is 7. The lowest BCUT2D eigenvalue weighted by Gasteiger charge is -2.13. The van der Waals surface area contributed by atoms with E-state index in [9.17, 15) is 18.0 Å². The van der Waals surface area contributed by atoms with Crippen molar-refractivity contribution >= 4 is 29.2 Å². The summed E-state index contributed by atoms with van der Waals surface area (Å²) in [5, 5.41) is 3.37. The zero-order chi connectivity index (χ0) is 21.9. The number of esters is 1. The zero-order valence-electron chi connectivity index (χ0n) is 15.6. The highest BCUT2D eigenvalue weighted by Crippen LogP contribution is 2.40. The zero-order valence-corrected chi connectivity index (χ0v) is 17.1. The van der Waals surface area contributed by atoms with Gasteiger partial charge in [-0.15, -0.1) is 0 Å². The SMILES string of the molecule is COC(=O)C(Oc1cc(-c2nn(C)c(OC(F)F)c2Cl)c(F)cc1Cl)=C(C)OC. The van der Waals surface area contributed by atoms with Gasteiger partial charge >= 0.3 is 12.6 Å². The Labute approximate surface area is 173 Å². The number of hydrogen-bond donors (Lipinski definition) is 0. The van der Waals surface area contributed by atoms with Crippen molar-refractivity contribution in [3.05, 3.63) is 39.5 Å². The molecule has 0 saturated heterocycles. The minimum absolute atomic E-state index is 0.0716. The van der Waals surface area contributed by atoms with Crippen LogP contribution in [0.2, 0.25) is 10.0 Å². The van der Waals surface area contributed by atoms with Crippen LogP contribution in [0.15, 0.2) is 23.7 Å². The van der Waals surface area contributed by atoms with E-state index >= 15 is 0 Å². The number of aromatic nitrogens is 2. The molecule has 0 atom stereocenters. The first-order chi connectivity index (χ1) is 13.6. The topological polar surface area (TPSA) is 71.8 Å². The van der Waals surface area contributed by atoms with Crippen molar-refractivity contribution in [3.63, 3.8) is 0 Å². The molecule has 0 saturated carbocycles. The van der Waals surface area contributed by atoms with Gasteiger partial charge in [0, 0.05) is 12.6 Å². The lowest BCUT2D eigenvalue weighted by molar-refractivity contribution is -0.139. The Kier molecular flexibility index (Phi) is 7.26. The van der Waals surface area contributed by atoms with Gasteiger partial charge in [-0.1, -0.05) is 23.2 Å². The van der Waals surface area contributed by atoms with Crippen LogP contribution < -0.4 is 9.47 Å². The van der Waals surface area contributed by atoms with Crippen LogP contribution in [-0.2, 0) is 21.3 Å². The fourth-order valence-corrected chi connectivity index (χ4v) is 2.70. The van der Waals surface area contributed by atoms with Crippen molar-refractivity contribution in [1.29, 1.82) is 0 Å². The lowest BCUT2D eigenvalue weighted by atomic mass is 10.1. The highest BCUT2D eigenvalue weighted by molar-refractivity contribution is 6.34. The van der Waals surface area contributed by atoms with E-state index in [0.717, 1.165) is 23.9 Å². The van der Waals surface area contributed by atoms with Crippen LogP contribution >= 0.6 is 23.2 Å². The predicted octanol–water partition coefficient (Wildman–Crippen LogP) is 4.56. The van der Waals surface area contributed by atoms with Gasteiger partial charge in [-0.25, -0.2) is 13.9 Å². The van der Waals surface area contributed by atoms with Crippen molar-refractivity contribution in [2.75, 3.05) is 14.2 Å². The van der Waals surface area contributed by atoms with Gasteiger partial charge in [-0.3, -0.25) is 0 Å². The maximum absolute atomic E-state index is 14.5. The first kappa shape index (κ1) is 22.7. The number of methoxy groups -OCH3 is 2. The summed E-state index contributed by atoms with van der Waals surface area (Å²) in [5.41, 5.74) is -0.427. The Balaban J connectivity index is 2.57. The van der Waals surface area contributed by atoms with E-state index in [1.807, 2.05) is 0 Å². The smallest absolute Gasteiger partial charge is 0.388 e. The second kappa shape index (κ2) is 9.27. The highest BCUT2D eigenvalue weighted by Gasteiger charge is 2.25. The van der Waals surface area contributed by atoms with E-state index in [1.165, 1.54) is 21.1 Å². The molecule has 7 nitrogen and oxygen atoms in total. The minimum Gasteiger partial charge on any atom is -0.497 e. The number of ether oxygens (including phenoxy) is 4. The molecule has 12 heteroatoms. The molecule has 0 unspecified atom stereocenters. The number of carbonyl (C=O) groups excluding carboxylic acids is 1. The molecular formula is C17H15Cl2F3N2O5. The first-order valence-corrected chi connectivity index (χ1v) is 8.54. The van der Waals surface area contributed by atoms with Gasteiger partial charge in [0.05, 0.1) is 19.2 Å². The van der Waals surface area contributed by atoms with Crippen molar-refractivity contribution in [2.24, 2.45) is 7.05 Å². The largest absolute Gasteiger partial charge is 0.497 e. The third-order valence-corrected chi connectivity index (χ3v) is 4.26. The van der Waals surface area contributed by atoms with Gasteiger partial charge in [-0.2, -0.15) is 13.9 Å². The second-order valence-electron chi connectivity index (χ2n) is 5.42. The number of alkyl halides is 2. The second-order valence-corrected chi connectivity index (χ2v) is 6.20. The molecule has 29 heavy (non-hydrogen) atoms. The van der Waals surface area contributed by atoms with Gasteiger partial charge in [0.25, 0.3) is 0 Å². The summed E-state index contributed by atoms with van der Waals surface area (Å²) in [6.07, 6.45) is 0. The molecule has 158 valence electrons. The number of aryl methyl sites for hydroxylation is 1. The Bertz CT molecular complexity index is 963. The molecule has 0 bridgehead atoms. The van der Waals surface area contributed by atoms with Crippen LogP contribution in [-0.4, -0.2) is 36.6 Å². The maximum atomic E-state index is 14.5. The standard InChI is InChI=1S/C17H15Cl2F3N2O5/c1-7(26-3)14(16(25)27-4)28-11-5-8(10(20)6-9(11)18)13-12(19)15(24(2)23-13)29-17(21)22/h5-6,17H,1-4H3. The van der Waals surface area contributed by atoms with E-state index in [1.54, 1.807) is 0 Å². The molecule has 1 aromatic heterocycles. The predicted molar refractivity (Wildman–Crippen MR) is 97.6 cm³/mol. The molecule has 0 radical (unpaired) electrons. The normalized spacial score (nSPS) is 11.9. The summed E-state index contributed by atoms with van der Waals surface area (Å²) in [4.78, 5) is 11.9. The molecule has 0 aliphatic carbocycles.